The third-order valence-corrected chi connectivity index (χ3v) is 8.30. The van der Waals surface area contributed by atoms with Crippen molar-refractivity contribution in [1.29, 1.82) is 0 Å². The van der Waals surface area contributed by atoms with Gasteiger partial charge in [-0.1, -0.05) is 47.7 Å². The molecule has 0 saturated carbocycles. The van der Waals surface area contributed by atoms with Gasteiger partial charge in [-0.2, -0.15) is 4.99 Å². The fourth-order valence-electron chi connectivity index (χ4n) is 3.65. The van der Waals surface area contributed by atoms with Gasteiger partial charge in [0.2, 0.25) is 0 Å². The predicted octanol–water partition coefficient (Wildman–Crippen LogP) is 2.85. The van der Waals surface area contributed by atoms with Gasteiger partial charge in [-0.25, -0.2) is 8.42 Å². The van der Waals surface area contributed by atoms with Gasteiger partial charge in [0.25, 0.3) is 5.91 Å². The van der Waals surface area contributed by atoms with E-state index >= 15 is 0 Å². The van der Waals surface area contributed by atoms with Crippen molar-refractivity contribution in [2.75, 3.05) is 23.5 Å². The highest BCUT2D eigenvalue weighted by Crippen LogP contribution is 2.41. The molecule has 1 amide bonds. The van der Waals surface area contributed by atoms with Gasteiger partial charge in [0.15, 0.2) is 15.0 Å². The maximum atomic E-state index is 12.6. The van der Waals surface area contributed by atoms with E-state index in [1.165, 1.54) is 11.8 Å². The zero-order valence-electron chi connectivity index (χ0n) is 16.2. The van der Waals surface area contributed by atoms with Crippen LogP contribution in [-0.2, 0) is 21.1 Å². The number of carbonyl (C=O) groups is 1. The molecular formula is C21H22N2O4S2. The molecule has 2 heterocycles. The van der Waals surface area contributed by atoms with Crippen molar-refractivity contribution >= 4 is 38.4 Å². The normalized spacial score (nSPS) is 23.9. The maximum Gasteiger partial charge on any atom is 0.252 e. The largest absolute Gasteiger partial charge is 0.497 e. The number of aryl methyl sites for hydroxylation is 1. The number of amides is 1. The van der Waals surface area contributed by atoms with Crippen LogP contribution in [0.4, 0.5) is 5.69 Å². The number of rotatable bonds is 4. The third kappa shape index (κ3) is 4.33. The summed E-state index contributed by atoms with van der Waals surface area (Å²) in [5.74, 6) is 0.593. The molecule has 2 fully saturated rings. The zero-order chi connectivity index (χ0) is 20.6. The average molecular weight is 431 g/mol. The highest BCUT2D eigenvalue weighted by atomic mass is 32.2. The lowest BCUT2D eigenvalue weighted by atomic mass is 10.1. The SMILES string of the molecule is COc1cccc(N2C(=NC(=O)Cc3ccc(C)cc3)S[C@@H]3CS(=O)(=O)C[C@H]32)c1. The average Bonchev–Trinajstić information content (AvgIpc) is 3.14. The minimum Gasteiger partial charge on any atom is -0.497 e. The first-order valence-electron chi connectivity index (χ1n) is 9.32. The molecule has 2 aliphatic heterocycles. The summed E-state index contributed by atoms with van der Waals surface area (Å²) in [5, 5.41) is 0.428. The highest BCUT2D eigenvalue weighted by Gasteiger charge is 2.49. The molecule has 2 saturated heterocycles. The Bertz CT molecular complexity index is 1060. The van der Waals surface area contributed by atoms with Crippen molar-refractivity contribution in [3.63, 3.8) is 0 Å². The lowest BCUT2D eigenvalue weighted by Gasteiger charge is -2.24. The molecule has 0 aromatic heterocycles. The fourth-order valence-corrected chi connectivity index (χ4v) is 7.58. The van der Waals surface area contributed by atoms with E-state index in [4.69, 9.17) is 4.74 Å². The molecule has 0 spiro atoms. The maximum absolute atomic E-state index is 12.6. The Morgan fingerprint density at radius 2 is 1.97 bits per heavy atom. The van der Waals surface area contributed by atoms with Crippen LogP contribution in [0.25, 0.3) is 0 Å². The van der Waals surface area contributed by atoms with E-state index in [-0.39, 0.29) is 35.1 Å². The van der Waals surface area contributed by atoms with Gasteiger partial charge < -0.3 is 9.64 Å². The molecular weight excluding hydrogens is 408 g/mol. The first kappa shape index (κ1) is 20.0. The Morgan fingerprint density at radius 1 is 1.21 bits per heavy atom. The van der Waals surface area contributed by atoms with Gasteiger partial charge in [-0.05, 0) is 24.6 Å². The first-order valence-corrected chi connectivity index (χ1v) is 12.0. The minimum absolute atomic E-state index is 0.0625. The Morgan fingerprint density at radius 3 is 2.69 bits per heavy atom. The number of sulfone groups is 1. The van der Waals surface area contributed by atoms with Gasteiger partial charge in [0, 0.05) is 17.0 Å². The number of hydrogen-bond donors (Lipinski definition) is 0. The molecule has 2 aliphatic rings. The number of ether oxygens (including phenoxy) is 1. The molecule has 6 nitrogen and oxygen atoms in total. The number of methoxy groups -OCH3 is 1. The number of aliphatic imine (C=N–C) groups is 1. The smallest absolute Gasteiger partial charge is 0.252 e. The van der Waals surface area contributed by atoms with Crippen molar-refractivity contribution in [1.82, 2.24) is 0 Å². The number of nitrogens with zero attached hydrogens (tertiary/aromatic N) is 2. The van der Waals surface area contributed by atoms with Gasteiger partial charge in [0.05, 0.1) is 31.1 Å². The number of benzene rings is 2. The lowest BCUT2D eigenvalue weighted by Crippen LogP contribution is -2.37. The molecule has 0 bridgehead atoms. The number of thioether (sulfide) groups is 1. The van der Waals surface area contributed by atoms with Crippen molar-refractivity contribution in [3.8, 4) is 5.75 Å². The molecule has 152 valence electrons. The Hall–Kier alpha value is -2.32. The second-order valence-corrected chi connectivity index (χ2v) is 10.7. The van der Waals surface area contributed by atoms with E-state index in [0.717, 1.165) is 16.8 Å². The van der Waals surface area contributed by atoms with Crippen molar-refractivity contribution in [2.24, 2.45) is 4.99 Å². The number of amidine groups is 1. The third-order valence-electron chi connectivity index (χ3n) is 5.09. The van der Waals surface area contributed by atoms with Crippen molar-refractivity contribution in [2.45, 2.75) is 24.6 Å². The number of hydrogen-bond acceptors (Lipinski definition) is 5. The van der Waals surface area contributed by atoms with E-state index in [9.17, 15) is 13.2 Å². The summed E-state index contributed by atoms with van der Waals surface area (Å²) < 4.78 is 29.7. The van der Waals surface area contributed by atoms with Crippen LogP contribution in [0, 0.1) is 6.92 Å². The van der Waals surface area contributed by atoms with E-state index in [1.807, 2.05) is 60.4 Å². The Kier molecular flexibility index (Phi) is 5.40. The molecule has 2 atom stereocenters. The van der Waals surface area contributed by atoms with E-state index < -0.39 is 9.84 Å². The molecule has 2 aromatic rings. The standard InChI is InChI=1S/C21H22N2O4S2/c1-14-6-8-15(9-7-14)10-20(24)22-21-23(16-4-3-5-17(11-16)27-2)18-12-29(25,26)13-19(18)28-21/h3-9,11,18-19H,10,12-13H2,1-2H3/t18-,19-/m1/s1. The van der Waals surface area contributed by atoms with E-state index in [1.54, 1.807) is 7.11 Å². The van der Waals surface area contributed by atoms with Crippen LogP contribution in [0.15, 0.2) is 53.5 Å². The highest BCUT2D eigenvalue weighted by molar-refractivity contribution is 8.16. The first-order chi connectivity index (χ1) is 13.8. The van der Waals surface area contributed by atoms with Crippen molar-refractivity contribution < 1.29 is 17.9 Å². The lowest BCUT2D eigenvalue weighted by molar-refractivity contribution is -0.117. The summed E-state index contributed by atoms with van der Waals surface area (Å²) in [6.45, 7) is 2.00. The minimum atomic E-state index is -3.10. The van der Waals surface area contributed by atoms with Gasteiger partial charge in [-0.3, -0.25) is 4.79 Å². The second kappa shape index (κ2) is 7.84. The summed E-state index contributed by atoms with van der Waals surface area (Å²) in [4.78, 5) is 18.9. The fraction of sp³-hybridized carbons (Fsp3) is 0.333. The summed E-state index contributed by atoms with van der Waals surface area (Å²) in [6.07, 6.45) is 0.212. The molecule has 4 rings (SSSR count). The molecule has 8 heteroatoms. The summed E-state index contributed by atoms with van der Waals surface area (Å²) in [6, 6.07) is 15.0. The molecule has 2 aromatic carbocycles. The number of fused-ring (bicyclic) bond motifs is 1. The molecule has 0 N–H and O–H groups in total. The second-order valence-electron chi connectivity index (χ2n) is 7.32. The van der Waals surface area contributed by atoms with Crippen LogP contribution in [0.3, 0.4) is 0 Å². The summed E-state index contributed by atoms with van der Waals surface area (Å²) >= 11 is 1.38. The van der Waals surface area contributed by atoms with E-state index in [0.29, 0.717) is 10.9 Å². The number of carbonyl (C=O) groups excluding carboxylic acids is 1. The van der Waals surface area contributed by atoms with Crippen LogP contribution >= 0.6 is 11.8 Å². The van der Waals surface area contributed by atoms with Crippen LogP contribution < -0.4 is 9.64 Å². The topological polar surface area (TPSA) is 76.0 Å². The predicted molar refractivity (Wildman–Crippen MR) is 117 cm³/mol. The molecule has 0 unspecified atom stereocenters. The van der Waals surface area contributed by atoms with Gasteiger partial charge in [0.1, 0.15) is 5.75 Å². The zero-order valence-corrected chi connectivity index (χ0v) is 17.9. The molecule has 0 aliphatic carbocycles. The monoisotopic (exact) mass is 430 g/mol. The Balaban J connectivity index is 1.64. The Labute approximate surface area is 174 Å². The van der Waals surface area contributed by atoms with Gasteiger partial charge in [-0.15, -0.1) is 0 Å². The van der Waals surface area contributed by atoms with E-state index in [2.05, 4.69) is 4.99 Å². The van der Waals surface area contributed by atoms with Crippen LogP contribution in [-0.4, -0.2) is 49.4 Å². The summed E-state index contributed by atoms with van der Waals surface area (Å²) in [7, 11) is -1.52. The van der Waals surface area contributed by atoms with Crippen LogP contribution in [0.2, 0.25) is 0 Å². The van der Waals surface area contributed by atoms with Crippen LogP contribution in [0.5, 0.6) is 5.75 Å². The quantitative estimate of drug-likeness (QED) is 0.743. The van der Waals surface area contributed by atoms with Gasteiger partial charge >= 0.3 is 0 Å². The van der Waals surface area contributed by atoms with Crippen LogP contribution in [0.1, 0.15) is 11.1 Å². The molecule has 0 radical (unpaired) electrons. The van der Waals surface area contributed by atoms with Crippen molar-refractivity contribution in [3.05, 3.63) is 59.7 Å². The number of anilines is 1. The molecule has 29 heavy (non-hydrogen) atoms. The summed E-state index contributed by atoms with van der Waals surface area (Å²) in [5.41, 5.74) is 2.82.